The monoisotopic (exact) mass is 371 g/mol. The Hall–Kier alpha value is -2.24. The van der Waals surface area contributed by atoms with Crippen molar-refractivity contribution in [3.05, 3.63) is 75.0 Å². The maximum Gasteiger partial charge on any atom is 0.230 e. The summed E-state index contributed by atoms with van der Waals surface area (Å²) < 4.78 is 0. The van der Waals surface area contributed by atoms with Crippen molar-refractivity contribution in [2.75, 3.05) is 5.32 Å². The minimum Gasteiger partial charge on any atom is -0.325 e. The molecule has 0 aliphatic rings. The predicted molar refractivity (Wildman–Crippen MR) is 102 cm³/mol. The zero-order valence-corrected chi connectivity index (χ0v) is 15.4. The molecular formula is C19H18ClN3OS. The molecule has 0 atom stereocenters. The lowest BCUT2D eigenvalue weighted by Crippen LogP contribution is -2.15. The number of anilines is 1. The first-order valence-corrected chi connectivity index (χ1v) is 9.25. The highest BCUT2D eigenvalue weighted by molar-refractivity contribution is 7.09. The first-order chi connectivity index (χ1) is 12.1. The third-order valence-electron chi connectivity index (χ3n) is 3.74. The summed E-state index contributed by atoms with van der Waals surface area (Å²) in [6, 6.07) is 11.4. The molecule has 1 amide bonds. The molecule has 1 aromatic carbocycles. The zero-order valence-electron chi connectivity index (χ0n) is 13.8. The van der Waals surface area contributed by atoms with Crippen molar-refractivity contribution in [2.45, 2.75) is 26.2 Å². The van der Waals surface area contributed by atoms with E-state index in [2.05, 4.69) is 15.3 Å². The summed E-state index contributed by atoms with van der Waals surface area (Å²) in [4.78, 5) is 21.1. The highest BCUT2D eigenvalue weighted by atomic mass is 35.5. The molecular weight excluding hydrogens is 354 g/mol. The second-order valence-corrected chi connectivity index (χ2v) is 7.12. The molecule has 0 spiro atoms. The maximum absolute atomic E-state index is 12.2. The van der Waals surface area contributed by atoms with Gasteiger partial charge in [0.15, 0.2) is 0 Å². The minimum absolute atomic E-state index is 0.0908. The van der Waals surface area contributed by atoms with Gasteiger partial charge in [-0.25, -0.2) is 4.98 Å². The summed E-state index contributed by atoms with van der Waals surface area (Å²) in [5.74, 6) is -0.0908. The molecule has 3 rings (SSSR count). The van der Waals surface area contributed by atoms with Crippen LogP contribution in [0, 0.1) is 6.92 Å². The summed E-state index contributed by atoms with van der Waals surface area (Å²) in [5.41, 5.74) is 3.56. The van der Waals surface area contributed by atoms with Gasteiger partial charge in [-0.2, -0.15) is 0 Å². The smallest absolute Gasteiger partial charge is 0.230 e. The highest BCUT2D eigenvalue weighted by Crippen LogP contribution is 2.20. The van der Waals surface area contributed by atoms with Gasteiger partial charge in [0.2, 0.25) is 5.91 Å². The first kappa shape index (κ1) is 17.6. The highest BCUT2D eigenvalue weighted by Gasteiger charge is 2.10. The normalized spacial score (nSPS) is 10.6. The van der Waals surface area contributed by atoms with Gasteiger partial charge < -0.3 is 5.32 Å². The quantitative estimate of drug-likeness (QED) is 0.695. The van der Waals surface area contributed by atoms with E-state index < -0.39 is 0 Å². The van der Waals surface area contributed by atoms with Crippen molar-refractivity contribution in [1.29, 1.82) is 0 Å². The molecule has 1 N–H and O–H groups in total. The maximum atomic E-state index is 12.2. The van der Waals surface area contributed by atoms with Crippen LogP contribution in [0.4, 0.5) is 5.69 Å². The molecule has 0 saturated heterocycles. The number of aryl methyl sites for hydroxylation is 3. The topological polar surface area (TPSA) is 54.9 Å². The van der Waals surface area contributed by atoms with Gasteiger partial charge in [0, 0.05) is 34.4 Å². The van der Waals surface area contributed by atoms with E-state index in [9.17, 15) is 4.79 Å². The molecule has 6 heteroatoms. The third kappa shape index (κ3) is 5.11. The van der Waals surface area contributed by atoms with Crippen LogP contribution in [-0.2, 0) is 24.1 Å². The molecule has 0 aliphatic heterocycles. The number of carbonyl (C=O) groups excluding carboxylic acids is 1. The number of hydrogen-bond donors (Lipinski definition) is 1. The minimum atomic E-state index is -0.0908. The SMILES string of the molecule is Cc1ccc(Cl)cc1NC(=O)Cc1csc(CCc2ccccn2)n1. The fourth-order valence-electron chi connectivity index (χ4n) is 2.41. The molecule has 0 radical (unpaired) electrons. The summed E-state index contributed by atoms with van der Waals surface area (Å²) in [6.07, 6.45) is 3.73. The van der Waals surface area contributed by atoms with Crippen LogP contribution >= 0.6 is 22.9 Å². The van der Waals surface area contributed by atoms with Crippen LogP contribution in [0.1, 0.15) is 22.0 Å². The lowest BCUT2D eigenvalue weighted by Gasteiger charge is -2.08. The number of benzene rings is 1. The number of thiazole rings is 1. The third-order valence-corrected chi connectivity index (χ3v) is 4.93. The van der Waals surface area contributed by atoms with Gasteiger partial charge in [-0.05, 0) is 43.2 Å². The van der Waals surface area contributed by atoms with E-state index in [4.69, 9.17) is 11.6 Å². The lowest BCUT2D eigenvalue weighted by molar-refractivity contribution is -0.115. The Labute approximate surface area is 155 Å². The molecule has 0 fully saturated rings. The van der Waals surface area contributed by atoms with Gasteiger partial charge >= 0.3 is 0 Å². The van der Waals surface area contributed by atoms with Crippen LogP contribution < -0.4 is 5.32 Å². The van der Waals surface area contributed by atoms with Gasteiger partial charge in [-0.1, -0.05) is 23.7 Å². The molecule has 0 unspecified atom stereocenters. The van der Waals surface area contributed by atoms with Crippen molar-refractivity contribution in [3.8, 4) is 0 Å². The molecule has 0 aliphatic carbocycles. The van der Waals surface area contributed by atoms with Crippen molar-refractivity contribution in [2.24, 2.45) is 0 Å². The molecule has 0 bridgehead atoms. The molecule has 2 aromatic heterocycles. The Morgan fingerprint density at radius 1 is 1.20 bits per heavy atom. The van der Waals surface area contributed by atoms with Crippen molar-refractivity contribution in [3.63, 3.8) is 0 Å². The lowest BCUT2D eigenvalue weighted by atomic mass is 10.2. The number of hydrogen-bond acceptors (Lipinski definition) is 4. The van der Waals surface area contributed by atoms with Gasteiger partial charge in [0.05, 0.1) is 17.1 Å². The van der Waals surface area contributed by atoms with Crippen molar-refractivity contribution < 1.29 is 4.79 Å². The number of amides is 1. The van der Waals surface area contributed by atoms with Crippen LogP contribution in [0.5, 0.6) is 0 Å². The summed E-state index contributed by atoms with van der Waals surface area (Å²) in [6.45, 7) is 1.94. The van der Waals surface area contributed by atoms with Crippen LogP contribution in [0.2, 0.25) is 5.02 Å². The molecule has 4 nitrogen and oxygen atoms in total. The van der Waals surface area contributed by atoms with E-state index in [1.165, 1.54) is 0 Å². The summed E-state index contributed by atoms with van der Waals surface area (Å²) in [7, 11) is 0. The van der Waals surface area contributed by atoms with E-state index in [-0.39, 0.29) is 12.3 Å². The second-order valence-electron chi connectivity index (χ2n) is 5.74. The molecule has 2 heterocycles. The van der Waals surface area contributed by atoms with Crippen LogP contribution in [0.25, 0.3) is 0 Å². The molecule has 25 heavy (non-hydrogen) atoms. The number of nitrogens with one attached hydrogen (secondary N) is 1. The number of rotatable bonds is 6. The van der Waals surface area contributed by atoms with Gasteiger partial charge in [-0.15, -0.1) is 11.3 Å². The van der Waals surface area contributed by atoms with Crippen molar-refractivity contribution in [1.82, 2.24) is 9.97 Å². The number of halogens is 1. The number of pyridine rings is 1. The van der Waals surface area contributed by atoms with E-state index >= 15 is 0 Å². The van der Waals surface area contributed by atoms with Crippen LogP contribution in [0.15, 0.2) is 48.0 Å². The van der Waals surface area contributed by atoms with Gasteiger partial charge in [0.1, 0.15) is 0 Å². The fraction of sp³-hybridized carbons (Fsp3) is 0.211. The average molecular weight is 372 g/mol. The predicted octanol–water partition coefficient (Wildman–Crippen LogP) is 4.47. The van der Waals surface area contributed by atoms with E-state index in [1.54, 1.807) is 29.7 Å². The van der Waals surface area contributed by atoms with Crippen LogP contribution in [-0.4, -0.2) is 15.9 Å². The van der Waals surface area contributed by atoms with Crippen LogP contribution in [0.3, 0.4) is 0 Å². The number of nitrogens with zero attached hydrogens (tertiary/aromatic N) is 2. The Balaban J connectivity index is 1.55. The Kier molecular flexibility index (Phi) is 5.79. The molecule has 3 aromatic rings. The number of carbonyl (C=O) groups is 1. The Morgan fingerprint density at radius 2 is 2.08 bits per heavy atom. The Bertz CT molecular complexity index is 864. The fourth-order valence-corrected chi connectivity index (χ4v) is 3.38. The largest absolute Gasteiger partial charge is 0.325 e. The van der Waals surface area contributed by atoms with Gasteiger partial charge in [-0.3, -0.25) is 9.78 Å². The Morgan fingerprint density at radius 3 is 2.88 bits per heavy atom. The average Bonchev–Trinajstić information content (AvgIpc) is 3.04. The summed E-state index contributed by atoms with van der Waals surface area (Å²) >= 11 is 7.56. The second kappa shape index (κ2) is 8.23. The first-order valence-electron chi connectivity index (χ1n) is 7.99. The van der Waals surface area contributed by atoms with E-state index in [0.29, 0.717) is 5.02 Å². The number of aromatic nitrogens is 2. The van der Waals surface area contributed by atoms with E-state index in [1.807, 2.05) is 36.6 Å². The standard InChI is InChI=1S/C19H18ClN3OS/c1-13-5-6-14(20)10-17(13)23-18(24)11-16-12-25-19(22-16)8-7-15-4-2-3-9-21-15/h2-6,9-10,12H,7-8,11H2,1H3,(H,23,24). The van der Waals surface area contributed by atoms with Gasteiger partial charge in [0.25, 0.3) is 0 Å². The van der Waals surface area contributed by atoms with E-state index in [0.717, 1.165) is 40.5 Å². The molecule has 128 valence electrons. The molecule has 0 saturated carbocycles. The zero-order chi connectivity index (χ0) is 17.6. The summed E-state index contributed by atoms with van der Waals surface area (Å²) in [5, 5.41) is 6.46. The van der Waals surface area contributed by atoms with Crippen molar-refractivity contribution >= 4 is 34.5 Å².